The summed E-state index contributed by atoms with van der Waals surface area (Å²) in [7, 11) is -2.11. The van der Waals surface area contributed by atoms with Crippen LogP contribution in [0.1, 0.15) is 35.3 Å². The highest BCUT2D eigenvalue weighted by molar-refractivity contribution is 7.89. The molecule has 3 aromatic rings. The standard InChI is InChI=1S/C22H26N4O3S/c1-17(2)25(3)30(28,29)21-6-4-5-20(13-21)22(27)24-14-18-7-9-19(10-8-18)15-26-12-11-23-16-26/h4-13,16-17H,14-15H2,1-3H3,(H,24,27). The van der Waals surface area contributed by atoms with Crippen LogP contribution in [0, 0.1) is 0 Å². The Bertz CT molecular complexity index is 1090. The molecule has 0 spiro atoms. The number of aromatic nitrogens is 2. The van der Waals surface area contributed by atoms with E-state index in [4.69, 9.17) is 0 Å². The zero-order chi connectivity index (χ0) is 21.7. The highest BCUT2D eigenvalue weighted by Gasteiger charge is 2.23. The summed E-state index contributed by atoms with van der Waals surface area (Å²) in [6.45, 7) is 4.69. The van der Waals surface area contributed by atoms with Crippen molar-refractivity contribution in [2.24, 2.45) is 0 Å². The molecule has 0 aliphatic carbocycles. The number of nitrogens with one attached hydrogen (secondary N) is 1. The van der Waals surface area contributed by atoms with E-state index >= 15 is 0 Å². The Kier molecular flexibility index (Phi) is 6.69. The Morgan fingerprint density at radius 1 is 1.13 bits per heavy atom. The summed E-state index contributed by atoms with van der Waals surface area (Å²) in [4.78, 5) is 16.7. The fourth-order valence-electron chi connectivity index (χ4n) is 2.88. The molecule has 2 aromatic carbocycles. The maximum absolute atomic E-state index is 12.7. The predicted octanol–water partition coefficient (Wildman–Crippen LogP) is 2.89. The van der Waals surface area contributed by atoms with Crippen LogP contribution in [0.15, 0.2) is 72.1 Å². The first kappa shape index (κ1) is 21.7. The second-order valence-electron chi connectivity index (χ2n) is 7.38. The van der Waals surface area contributed by atoms with Crippen molar-refractivity contribution in [1.29, 1.82) is 0 Å². The smallest absolute Gasteiger partial charge is 0.251 e. The maximum Gasteiger partial charge on any atom is 0.251 e. The van der Waals surface area contributed by atoms with Crippen molar-refractivity contribution in [2.45, 2.75) is 37.9 Å². The monoisotopic (exact) mass is 426 g/mol. The maximum atomic E-state index is 12.7. The van der Waals surface area contributed by atoms with E-state index in [-0.39, 0.29) is 16.8 Å². The van der Waals surface area contributed by atoms with Gasteiger partial charge in [0.25, 0.3) is 5.91 Å². The van der Waals surface area contributed by atoms with Gasteiger partial charge in [0.05, 0.1) is 11.2 Å². The number of carbonyl (C=O) groups is 1. The Morgan fingerprint density at radius 2 is 1.83 bits per heavy atom. The van der Waals surface area contributed by atoms with Gasteiger partial charge in [0.15, 0.2) is 0 Å². The van der Waals surface area contributed by atoms with Crippen LogP contribution in [0.5, 0.6) is 0 Å². The van der Waals surface area contributed by atoms with Crippen molar-refractivity contribution in [2.75, 3.05) is 7.05 Å². The molecule has 0 unspecified atom stereocenters. The SMILES string of the molecule is CC(C)N(C)S(=O)(=O)c1cccc(C(=O)NCc2ccc(Cn3ccnc3)cc2)c1. The number of sulfonamides is 1. The average molecular weight is 427 g/mol. The zero-order valence-corrected chi connectivity index (χ0v) is 18.1. The first-order valence-corrected chi connectivity index (χ1v) is 11.1. The van der Waals surface area contributed by atoms with E-state index in [0.717, 1.165) is 17.7 Å². The van der Waals surface area contributed by atoms with E-state index in [9.17, 15) is 13.2 Å². The van der Waals surface area contributed by atoms with Crippen molar-refractivity contribution in [1.82, 2.24) is 19.2 Å². The fourth-order valence-corrected chi connectivity index (χ4v) is 4.29. The lowest BCUT2D eigenvalue weighted by Crippen LogP contribution is -2.33. The summed E-state index contributed by atoms with van der Waals surface area (Å²) in [5.74, 6) is -0.318. The summed E-state index contributed by atoms with van der Waals surface area (Å²) in [5.41, 5.74) is 2.40. The van der Waals surface area contributed by atoms with Gasteiger partial charge in [0.2, 0.25) is 10.0 Å². The Balaban J connectivity index is 1.64. The van der Waals surface area contributed by atoms with E-state index in [1.165, 1.54) is 23.5 Å². The topological polar surface area (TPSA) is 84.3 Å². The van der Waals surface area contributed by atoms with Crippen LogP contribution in [-0.2, 0) is 23.1 Å². The van der Waals surface area contributed by atoms with E-state index in [1.807, 2.05) is 35.0 Å². The normalized spacial score (nSPS) is 11.8. The van der Waals surface area contributed by atoms with Gasteiger partial charge in [-0.3, -0.25) is 4.79 Å². The van der Waals surface area contributed by atoms with E-state index in [2.05, 4.69) is 10.3 Å². The van der Waals surface area contributed by atoms with Gasteiger partial charge in [-0.2, -0.15) is 4.31 Å². The molecule has 0 fully saturated rings. The Morgan fingerprint density at radius 3 is 2.47 bits per heavy atom. The molecule has 1 heterocycles. The third-order valence-corrected chi connectivity index (χ3v) is 6.93. The largest absolute Gasteiger partial charge is 0.348 e. The van der Waals surface area contributed by atoms with Gasteiger partial charge in [-0.25, -0.2) is 13.4 Å². The molecule has 0 saturated heterocycles. The number of rotatable bonds is 8. The molecule has 1 aromatic heterocycles. The van der Waals surface area contributed by atoms with Crippen LogP contribution in [0.25, 0.3) is 0 Å². The lowest BCUT2D eigenvalue weighted by Gasteiger charge is -2.21. The average Bonchev–Trinajstić information content (AvgIpc) is 3.25. The van der Waals surface area contributed by atoms with E-state index in [0.29, 0.717) is 12.1 Å². The molecule has 0 atom stereocenters. The van der Waals surface area contributed by atoms with Gasteiger partial charge < -0.3 is 9.88 Å². The van der Waals surface area contributed by atoms with Gasteiger partial charge in [-0.15, -0.1) is 0 Å². The summed E-state index contributed by atoms with van der Waals surface area (Å²) >= 11 is 0. The van der Waals surface area contributed by atoms with Crippen molar-refractivity contribution >= 4 is 15.9 Å². The van der Waals surface area contributed by atoms with Gasteiger partial charge >= 0.3 is 0 Å². The number of hydrogen-bond donors (Lipinski definition) is 1. The van der Waals surface area contributed by atoms with Crippen LogP contribution >= 0.6 is 0 Å². The van der Waals surface area contributed by atoms with Gasteiger partial charge in [-0.1, -0.05) is 30.3 Å². The second kappa shape index (κ2) is 9.23. The van der Waals surface area contributed by atoms with Crippen molar-refractivity contribution in [3.05, 3.63) is 83.9 Å². The molecule has 0 bridgehead atoms. The van der Waals surface area contributed by atoms with Gasteiger partial charge in [-0.05, 0) is 43.2 Å². The zero-order valence-electron chi connectivity index (χ0n) is 17.3. The minimum absolute atomic E-state index is 0.107. The van der Waals surface area contributed by atoms with E-state index < -0.39 is 10.0 Å². The molecule has 30 heavy (non-hydrogen) atoms. The number of carbonyl (C=O) groups excluding carboxylic acids is 1. The molecule has 1 N–H and O–H groups in total. The molecule has 8 heteroatoms. The number of nitrogens with zero attached hydrogens (tertiary/aromatic N) is 3. The van der Waals surface area contributed by atoms with Crippen LogP contribution in [0.4, 0.5) is 0 Å². The first-order valence-electron chi connectivity index (χ1n) is 9.67. The lowest BCUT2D eigenvalue weighted by molar-refractivity contribution is 0.0950. The van der Waals surface area contributed by atoms with E-state index in [1.54, 1.807) is 38.5 Å². The summed E-state index contributed by atoms with van der Waals surface area (Å²) in [5, 5.41) is 2.85. The highest BCUT2D eigenvalue weighted by Crippen LogP contribution is 2.18. The molecule has 7 nitrogen and oxygen atoms in total. The third kappa shape index (κ3) is 5.14. The number of imidazole rings is 1. The fraction of sp³-hybridized carbons (Fsp3) is 0.273. The van der Waals surface area contributed by atoms with Gasteiger partial charge in [0, 0.05) is 44.1 Å². The minimum atomic E-state index is -3.64. The van der Waals surface area contributed by atoms with Gasteiger partial charge in [0.1, 0.15) is 0 Å². The summed E-state index contributed by atoms with van der Waals surface area (Å²) in [6, 6.07) is 13.9. The summed E-state index contributed by atoms with van der Waals surface area (Å²) < 4.78 is 28.6. The molecule has 0 saturated carbocycles. The molecule has 0 aliphatic rings. The van der Waals surface area contributed by atoms with Crippen LogP contribution in [-0.4, -0.2) is 41.3 Å². The van der Waals surface area contributed by atoms with Crippen molar-refractivity contribution in [3.8, 4) is 0 Å². The molecule has 0 aliphatic heterocycles. The molecule has 3 rings (SSSR count). The van der Waals surface area contributed by atoms with Crippen molar-refractivity contribution in [3.63, 3.8) is 0 Å². The minimum Gasteiger partial charge on any atom is -0.348 e. The number of amides is 1. The Hall–Kier alpha value is -2.97. The van der Waals surface area contributed by atoms with Crippen molar-refractivity contribution < 1.29 is 13.2 Å². The Labute approximate surface area is 177 Å². The highest BCUT2D eigenvalue weighted by atomic mass is 32.2. The molecular formula is C22H26N4O3S. The quantitative estimate of drug-likeness (QED) is 0.600. The predicted molar refractivity (Wildman–Crippen MR) is 115 cm³/mol. The molecule has 158 valence electrons. The second-order valence-corrected chi connectivity index (χ2v) is 9.37. The molecule has 1 amide bonds. The van der Waals surface area contributed by atoms with Crippen LogP contribution < -0.4 is 5.32 Å². The number of benzene rings is 2. The summed E-state index contributed by atoms with van der Waals surface area (Å²) in [6.07, 6.45) is 5.41. The molecule has 0 radical (unpaired) electrons. The number of hydrogen-bond acceptors (Lipinski definition) is 4. The third-order valence-electron chi connectivity index (χ3n) is 4.90. The molecular weight excluding hydrogens is 400 g/mol. The lowest BCUT2D eigenvalue weighted by atomic mass is 10.1. The van der Waals surface area contributed by atoms with Crippen LogP contribution in [0.3, 0.4) is 0 Å². The van der Waals surface area contributed by atoms with Crippen LogP contribution in [0.2, 0.25) is 0 Å². The first-order chi connectivity index (χ1) is 14.3.